The molecule has 0 spiro atoms. The Morgan fingerprint density at radius 2 is 1.71 bits per heavy atom. The van der Waals surface area contributed by atoms with Crippen molar-refractivity contribution >= 4 is 32.5 Å². The summed E-state index contributed by atoms with van der Waals surface area (Å²) in [6, 6.07) is 14.3. The Kier molecular flexibility index (Phi) is 6.24. The van der Waals surface area contributed by atoms with Crippen LogP contribution in [-0.2, 0) is 14.8 Å². The standard InChI is InChI=1S/C25H21F2NO5S/c1-28(34(3,30)31)21-13-23-19(12-18(21)17-6-4-5-7-20(17)27)24(22(29)14-32-2)25(33-23)15-8-10-16(26)11-9-15/h4-13H,14H2,1-3H3. The Bertz CT molecular complexity index is 1490. The first kappa shape index (κ1) is 23.6. The first-order valence-corrected chi connectivity index (χ1v) is 12.0. The number of Topliss-reactive ketones (excluding diaryl/α,β-unsaturated/α-hetero) is 1. The van der Waals surface area contributed by atoms with Crippen LogP contribution in [0, 0.1) is 11.6 Å². The first-order valence-electron chi connectivity index (χ1n) is 10.2. The van der Waals surface area contributed by atoms with Gasteiger partial charge in [-0.1, -0.05) is 18.2 Å². The van der Waals surface area contributed by atoms with Gasteiger partial charge in [0.1, 0.15) is 29.6 Å². The first-order chi connectivity index (χ1) is 16.1. The maximum Gasteiger partial charge on any atom is 0.232 e. The molecule has 9 heteroatoms. The van der Waals surface area contributed by atoms with Crippen molar-refractivity contribution in [3.05, 3.63) is 77.9 Å². The van der Waals surface area contributed by atoms with Gasteiger partial charge in [-0.15, -0.1) is 0 Å². The zero-order chi connectivity index (χ0) is 24.6. The molecule has 1 heterocycles. The van der Waals surface area contributed by atoms with E-state index < -0.39 is 27.4 Å². The molecule has 0 atom stereocenters. The minimum atomic E-state index is -3.71. The summed E-state index contributed by atoms with van der Waals surface area (Å²) in [5, 5.41) is 0.352. The summed E-state index contributed by atoms with van der Waals surface area (Å²) in [6.07, 6.45) is 1.03. The zero-order valence-corrected chi connectivity index (χ0v) is 19.4. The number of rotatable bonds is 7. The molecule has 0 aliphatic carbocycles. The van der Waals surface area contributed by atoms with Crippen molar-refractivity contribution < 1.29 is 31.1 Å². The molecule has 0 radical (unpaired) electrons. The molecule has 176 valence electrons. The fourth-order valence-electron chi connectivity index (χ4n) is 3.75. The summed E-state index contributed by atoms with van der Waals surface area (Å²) in [5.74, 6) is -1.24. The van der Waals surface area contributed by atoms with E-state index >= 15 is 0 Å². The van der Waals surface area contributed by atoms with E-state index in [4.69, 9.17) is 9.15 Å². The highest BCUT2D eigenvalue weighted by molar-refractivity contribution is 7.92. The number of fused-ring (bicyclic) bond motifs is 1. The Labute approximate surface area is 195 Å². The van der Waals surface area contributed by atoms with Crippen molar-refractivity contribution in [3.8, 4) is 22.5 Å². The van der Waals surface area contributed by atoms with E-state index in [1.54, 1.807) is 6.07 Å². The van der Waals surface area contributed by atoms with E-state index in [0.29, 0.717) is 10.9 Å². The quantitative estimate of drug-likeness (QED) is 0.333. The van der Waals surface area contributed by atoms with Crippen LogP contribution in [0.5, 0.6) is 0 Å². The molecule has 6 nitrogen and oxygen atoms in total. The molecule has 0 aliphatic heterocycles. The minimum Gasteiger partial charge on any atom is -0.455 e. The molecule has 0 saturated carbocycles. The second kappa shape index (κ2) is 9.00. The zero-order valence-electron chi connectivity index (χ0n) is 18.6. The van der Waals surface area contributed by atoms with Crippen molar-refractivity contribution in [2.75, 3.05) is 31.3 Å². The number of nitrogens with zero attached hydrogens (tertiary/aromatic N) is 1. The average molecular weight is 486 g/mol. The van der Waals surface area contributed by atoms with Crippen LogP contribution in [0.15, 0.2) is 65.1 Å². The van der Waals surface area contributed by atoms with Crippen molar-refractivity contribution in [3.63, 3.8) is 0 Å². The van der Waals surface area contributed by atoms with Gasteiger partial charge in [-0.05, 0) is 36.4 Å². The Morgan fingerprint density at radius 1 is 1.03 bits per heavy atom. The molecular formula is C25H21F2NO5S. The summed E-state index contributed by atoms with van der Waals surface area (Å²) < 4.78 is 65.0. The summed E-state index contributed by atoms with van der Waals surface area (Å²) in [7, 11) is -0.987. The number of methoxy groups -OCH3 is 1. The maximum atomic E-state index is 14.8. The number of hydrogen-bond acceptors (Lipinski definition) is 5. The van der Waals surface area contributed by atoms with Crippen molar-refractivity contribution in [2.45, 2.75) is 0 Å². The minimum absolute atomic E-state index is 0.157. The fourth-order valence-corrected chi connectivity index (χ4v) is 4.26. The topological polar surface area (TPSA) is 76.8 Å². The largest absolute Gasteiger partial charge is 0.455 e. The van der Waals surface area contributed by atoms with Crippen LogP contribution in [0.1, 0.15) is 10.4 Å². The Morgan fingerprint density at radius 3 is 2.32 bits per heavy atom. The molecule has 34 heavy (non-hydrogen) atoms. The van der Waals surface area contributed by atoms with Crippen LogP contribution in [0.2, 0.25) is 0 Å². The van der Waals surface area contributed by atoms with E-state index in [0.717, 1.165) is 10.6 Å². The lowest BCUT2D eigenvalue weighted by Crippen LogP contribution is -2.25. The Balaban J connectivity index is 2.09. The molecule has 1 aromatic heterocycles. The number of ketones is 1. The van der Waals surface area contributed by atoms with Crippen LogP contribution in [-0.4, -0.2) is 41.2 Å². The van der Waals surface area contributed by atoms with Gasteiger partial charge in [0.25, 0.3) is 0 Å². The summed E-state index contributed by atoms with van der Waals surface area (Å²) >= 11 is 0. The van der Waals surface area contributed by atoms with Crippen molar-refractivity contribution in [1.82, 2.24) is 0 Å². The predicted molar refractivity (Wildman–Crippen MR) is 126 cm³/mol. The number of ether oxygens (including phenoxy) is 1. The van der Waals surface area contributed by atoms with Crippen LogP contribution in [0.4, 0.5) is 14.5 Å². The summed E-state index contributed by atoms with van der Waals surface area (Å²) in [5.41, 5.74) is 1.42. The number of furan rings is 1. The highest BCUT2D eigenvalue weighted by atomic mass is 32.2. The molecule has 0 amide bonds. The molecule has 0 fully saturated rings. The number of benzene rings is 3. The van der Waals surface area contributed by atoms with Gasteiger partial charge in [-0.2, -0.15) is 0 Å². The van der Waals surface area contributed by atoms with E-state index in [1.165, 1.54) is 68.8 Å². The van der Waals surface area contributed by atoms with E-state index in [2.05, 4.69) is 0 Å². The molecule has 4 aromatic rings. The summed E-state index contributed by atoms with van der Waals surface area (Å²) in [4.78, 5) is 13.0. The predicted octanol–water partition coefficient (Wildman–Crippen LogP) is 5.27. The number of sulfonamides is 1. The van der Waals surface area contributed by atoms with Gasteiger partial charge in [0.2, 0.25) is 10.0 Å². The summed E-state index contributed by atoms with van der Waals surface area (Å²) in [6.45, 7) is -0.247. The molecule has 0 saturated heterocycles. The third-order valence-corrected chi connectivity index (χ3v) is 6.66. The van der Waals surface area contributed by atoms with Gasteiger partial charge >= 0.3 is 0 Å². The van der Waals surface area contributed by atoms with E-state index in [1.807, 2.05) is 0 Å². The number of hydrogen-bond donors (Lipinski definition) is 0. The SMILES string of the molecule is COCC(=O)c1c(-c2ccc(F)cc2)oc2cc(N(C)S(C)(=O)=O)c(-c3ccccc3F)cc12. The highest BCUT2D eigenvalue weighted by Crippen LogP contribution is 2.42. The molecule has 0 unspecified atom stereocenters. The molecule has 0 bridgehead atoms. The number of anilines is 1. The van der Waals surface area contributed by atoms with Crippen LogP contribution < -0.4 is 4.31 Å². The van der Waals surface area contributed by atoms with Gasteiger partial charge < -0.3 is 9.15 Å². The number of carbonyl (C=O) groups excluding carboxylic acids is 1. The lowest BCUT2D eigenvalue weighted by molar-refractivity contribution is 0.0849. The highest BCUT2D eigenvalue weighted by Gasteiger charge is 2.26. The molecule has 3 aromatic carbocycles. The monoisotopic (exact) mass is 485 g/mol. The smallest absolute Gasteiger partial charge is 0.232 e. The normalized spacial score (nSPS) is 11.7. The van der Waals surface area contributed by atoms with Gasteiger partial charge in [0, 0.05) is 42.3 Å². The van der Waals surface area contributed by atoms with Crippen molar-refractivity contribution in [2.24, 2.45) is 0 Å². The average Bonchev–Trinajstić information content (AvgIpc) is 3.16. The maximum absolute atomic E-state index is 14.8. The number of carbonyl (C=O) groups is 1. The van der Waals surface area contributed by atoms with Crippen LogP contribution in [0.3, 0.4) is 0 Å². The third kappa shape index (κ3) is 4.32. The Hall–Kier alpha value is -3.56. The molecule has 0 aliphatic rings. The van der Waals surface area contributed by atoms with Crippen LogP contribution >= 0.6 is 0 Å². The number of halogens is 2. The van der Waals surface area contributed by atoms with Gasteiger partial charge in [-0.3, -0.25) is 9.10 Å². The molecular weight excluding hydrogens is 464 g/mol. The third-order valence-electron chi connectivity index (χ3n) is 5.47. The van der Waals surface area contributed by atoms with Gasteiger partial charge in [-0.25, -0.2) is 17.2 Å². The lowest BCUT2D eigenvalue weighted by atomic mass is 9.97. The van der Waals surface area contributed by atoms with E-state index in [9.17, 15) is 22.0 Å². The second-order valence-corrected chi connectivity index (χ2v) is 9.76. The van der Waals surface area contributed by atoms with Gasteiger partial charge in [0.05, 0.1) is 17.5 Å². The fraction of sp³-hybridized carbons (Fsp3) is 0.160. The second-order valence-electron chi connectivity index (χ2n) is 7.75. The van der Waals surface area contributed by atoms with Crippen molar-refractivity contribution in [1.29, 1.82) is 0 Å². The van der Waals surface area contributed by atoms with E-state index in [-0.39, 0.29) is 40.3 Å². The van der Waals surface area contributed by atoms with Gasteiger partial charge in [0.15, 0.2) is 5.78 Å². The molecule has 0 N–H and O–H groups in total. The molecule has 4 rings (SSSR count). The van der Waals surface area contributed by atoms with Crippen LogP contribution in [0.25, 0.3) is 33.4 Å². The lowest BCUT2D eigenvalue weighted by Gasteiger charge is -2.21.